The molecule has 2 atom stereocenters. The van der Waals surface area contributed by atoms with Gasteiger partial charge in [-0.1, -0.05) is 12.0 Å². The van der Waals surface area contributed by atoms with Crippen LogP contribution in [0.25, 0.3) is 11.3 Å². The number of aromatic nitrogens is 2. The smallest absolute Gasteiger partial charge is 0.217 e. The molecular formula is C19H17F2N3O. The molecule has 1 aromatic heterocycles. The maximum atomic E-state index is 14.1. The van der Waals surface area contributed by atoms with Crippen LogP contribution in [-0.4, -0.2) is 16.1 Å². The number of hydrogen-bond donors (Lipinski definition) is 1. The Balaban J connectivity index is 2.17. The lowest BCUT2D eigenvalue weighted by atomic mass is 9.75. The van der Waals surface area contributed by atoms with Crippen molar-refractivity contribution in [2.24, 2.45) is 0 Å². The van der Waals surface area contributed by atoms with Gasteiger partial charge in [0.05, 0.1) is 22.5 Å². The molecule has 128 valence electrons. The zero-order chi connectivity index (χ0) is 18.2. The standard InChI is InChI=1S/C19H17F2N3O/c1-4-12-8-9-19(3,22-11(2)25)18-13(12)10-16(23-24-18)17-14(20)6-5-7-15(17)21/h1,5-7,10,12H,8-9H2,2-3H3,(H,22,25). The van der Waals surface area contributed by atoms with E-state index in [2.05, 4.69) is 21.4 Å². The highest BCUT2D eigenvalue weighted by Crippen LogP contribution is 2.41. The first-order chi connectivity index (χ1) is 11.9. The summed E-state index contributed by atoms with van der Waals surface area (Å²) in [6, 6.07) is 5.20. The van der Waals surface area contributed by atoms with Crippen molar-refractivity contribution < 1.29 is 13.6 Å². The first kappa shape index (κ1) is 17.0. The summed E-state index contributed by atoms with van der Waals surface area (Å²) < 4.78 is 28.1. The molecule has 2 aromatic rings. The van der Waals surface area contributed by atoms with E-state index in [1.54, 1.807) is 6.07 Å². The molecule has 1 amide bonds. The molecule has 0 radical (unpaired) electrons. The fourth-order valence-corrected chi connectivity index (χ4v) is 3.36. The molecule has 4 nitrogen and oxygen atoms in total. The zero-order valence-electron chi connectivity index (χ0n) is 13.9. The van der Waals surface area contributed by atoms with Crippen molar-refractivity contribution in [3.05, 3.63) is 47.2 Å². The number of fused-ring (bicyclic) bond motifs is 1. The molecule has 1 heterocycles. The van der Waals surface area contributed by atoms with E-state index in [-0.39, 0.29) is 23.1 Å². The lowest BCUT2D eigenvalue weighted by Gasteiger charge is -2.37. The van der Waals surface area contributed by atoms with Crippen molar-refractivity contribution in [2.75, 3.05) is 0 Å². The number of terminal acetylenes is 1. The van der Waals surface area contributed by atoms with Crippen LogP contribution in [0.5, 0.6) is 0 Å². The molecule has 1 N–H and O–H groups in total. The van der Waals surface area contributed by atoms with Crippen molar-refractivity contribution in [2.45, 2.75) is 38.1 Å². The molecule has 0 saturated heterocycles. The van der Waals surface area contributed by atoms with E-state index < -0.39 is 17.2 Å². The first-order valence-corrected chi connectivity index (χ1v) is 7.93. The van der Waals surface area contributed by atoms with Crippen LogP contribution in [0.1, 0.15) is 43.9 Å². The number of carbonyl (C=O) groups is 1. The molecule has 2 unspecified atom stereocenters. The molecule has 1 aliphatic rings. The predicted octanol–water partition coefficient (Wildman–Crippen LogP) is 3.28. The summed E-state index contributed by atoms with van der Waals surface area (Å²) in [6.45, 7) is 3.27. The summed E-state index contributed by atoms with van der Waals surface area (Å²) in [6.07, 6.45) is 6.86. The number of hydrogen-bond acceptors (Lipinski definition) is 3. The summed E-state index contributed by atoms with van der Waals surface area (Å²) in [7, 11) is 0. The maximum Gasteiger partial charge on any atom is 0.217 e. The van der Waals surface area contributed by atoms with Crippen LogP contribution in [0.2, 0.25) is 0 Å². The Labute approximate surface area is 144 Å². The van der Waals surface area contributed by atoms with Gasteiger partial charge in [0.2, 0.25) is 5.91 Å². The van der Waals surface area contributed by atoms with E-state index in [1.807, 2.05) is 6.92 Å². The van der Waals surface area contributed by atoms with E-state index >= 15 is 0 Å². The minimum atomic E-state index is -0.716. The Morgan fingerprint density at radius 1 is 1.36 bits per heavy atom. The van der Waals surface area contributed by atoms with Crippen LogP contribution in [0.15, 0.2) is 24.3 Å². The van der Waals surface area contributed by atoms with Gasteiger partial charge in [-0.2, -0.15) is 5.10 Å². The second-order valence-electron chi connectivity index (χ2n) is 6.40. The summed E-state index contributed by atoms with van der Waals surface area (Å²) in [5.41, 5.74) is 0.338. The number of nitrogens with one attached hydrogen (secondary N) is 1. The first-order valence-electron chi connectivity index (χ1n) is 7.93. The van der Waals surface area contributed by atoms with Gasteiger partial charge in [-0.25, -0.2) is 8.78 Å². The fourth-order valence-electron chi connectivity index (χ4n) is 3.36. The number of nitrogens with zero attached hydrogens (tertiary/aromatic N) is 2. The van der Waals surface area contributed by atoms with E-state index in [0.717, 1.165) is 0 Å². The molecule has 3 rings (SSSR count). The Kier molecular flexibility index (Phi) is 4.25. The normalized spacial score (nSPS) is 22.0. The number of carbonyl (C=O) groups excluding carboxylic acids is 1. The molecule has 0 spiro atoms. The SMILES string of the molecule is C#CC1CCC(C)(NC(C)=O)c2nnc(-c3c(F)cccc3F)cc21. The van der Waals surface area contributed by atoms with Crippen LogP contribution >= 0.6 is 0 Å². The van der Waals surface area contributed by atoms with Crippen molar-refractivity contribution in [3.63, 3.8) is 0 Å². The average molecular weight is 341 g/mol. The van der Waals surface area contributed by atoms with Gasteiger partial charge in [-0.15, -0.1) is 11.5 Å². The van der Waals surface area contributed by atoms with Gasteiger partial charge in [0, 0.05) is 12.8 Å². The van der Waals surface area contributed by atoms with Crippen LogP contribution in [0.4, 0.5) is 8.78 Å². The molecule has 25 heavy (non-hydrogen) atoms. The molecule has 0 fully saturated rings. The second-order valence-corrected chi connectivity index (χ2v) is 6.40. The van der Waals surface area contributed by atoms with Gasteiger partial charge in [0.15, 0.2) is 0 Å². The number of halogens is 2. The Morgan fingerprint density at radius 3 is 2.64 bits per heavy atom. The quantitative estimate of drug-likeness (QED) is 0.853. The van der Waals surface area contributed by atoms with Crippen molar-refractivity contribution in [3.8, 4) is 23.6 Å². The van der Waals surface area contributed by atoms with Gasteiger partial charge in [0.1, 0.15) is 11.6 Å². The minimum Gasteiger partial charge on any atom is -0.345 e. The number of amides is 1. The fraction of sp³-hybridized carbons (Fsp3) is 0.316. The highest BCUT2D eigenvalue weighted by atomic mass is 19.1. The van der Waals surface area contributed by atoms with Crippen molar-refractivity contribution in [1.82, 2.24) is 15.5 Å². The van der Waals surface area contributed by atoms with Crippen molar-refractivity contribution >= 4 is 5.91 Å². The van der Waals surface area contributed by atoms with E-state index in [4.69, 9.17) is 6.42 Å². The van der Waals surface area contributed by atoms with Gasteiger partial charge in [-0.05, 0) is 43.5 Å². The third-order valence-corrected chi connectivity index (χ3v) is 4.53. The molecule has 0 aliphatic heterocycles. The zero-order valence-corrected chi connectivity index (χ0v) is 13.9. The van der Waals surface area contributed by atoms with Crippen LogP contribution < -0.4 is 5.32 Å². The maximum absolute atomic E-state index is 14.1. The molecule has 1 aromatic carbocycles. The summed E-state index contributed by atoms with van der Waals surface area (Å²) in [5, 5.41) is 11.1. The number of rotatable bonds is 2. The third-order valence-electron chi connectivity index (χ3n) is 4.53. The largest absolute Gasteiger partial charge is 0.345 e. The topological polar surface area (TPSA) is 54.9 Å². The minimum absolute atomic E-state index is 0.0849. The van der Waals surface area contributed by atoms with Gasteiger partial charge in [0.25, 0.3) is 0 Å². The molecule has 0 saturated carbocycles. The van der Waals surface area contributed by atoms with Gasteiger partial charge >= 0.3 is 0 Å². The molecular weight excluding hydrogens is 324 g/mol. The monoisotopic (exact) mass is 341 g/mol. The lowest BCUT2D eigenvalue weighted by Crippen LogP contribution is -2.46. The highest BCUT2D eigenvalue weighted by Gasteiger charge is 2.38. The Hall–Kier alpha value is -2.81. The molecule has 1 aliphatic carbocycles. The second kappa shape index (κ2) is 6.25. The van der Waals surface area contributed by atoms with Gasteiger partial charge < -0.3 is 5.32 Å². The van der Waals surface area contributed by atoms with Gasteiger partial charge in [-0.3, -0.25) is 4.79 Å². The Morgan fingerprint density at radius 2 is 2.04 bits per heavy atom. The molecule has 6 heteroatoms. The van der Waals surface area contributed by atoms with Crippen molar-refractivity contribution in [1.29, 1.82) is 0 Å². The summed E-state index contributed by atoms with van der Waals surface area (Å²) >= 11 is 0. The third kappa shape index (κ3) is 2.98. The summed E-state index contributed by atoms with van der Waals surface area (Å²) in [4.78, 5) is 11.6. The summed E-state index contributed by atoms with van der Waals surface area (Å²) in [5.74, 6) is 0.815. The van der Waals surface area contributed by atoms with Crippen LogP contribution in [-0.2, 0) is 10.3 Å². The number of benzene rings is 1. The predicted molar refractivity (Wildman–Crippen MR) is 89.4 cm³/mol. The van der Waals surface area contributed by atoms with Crippen LogP contribution in [0, 0.1) is 24.0 Å². The van der Waals surface area contributed by atoms with E-state index in [0.29, 0.717) is 24.1 Å². The molecule has 0 bridgehead atoms. The van der Waals surface area contributed by atoms with E-state index in [1.165, 1.54) is 25.1 Å². The highest BCUT2D eigenvalue weighted by molar-refractivity contribution is 5.74. The average Bonchev–Trinajstić information content (AvgIpc) is 2.54. The lowest BCUT2D eigenvalue weighted by molar-refractivity contribution is -0.121. The van der Waals surface area contributed by atoms with E-state index in [9.17, 15) is 13.6 Å². The Bertz CT molecular complexity index is 870. The van der Waals surface area contributed by atoms with Crippen LogP contribution in [0.3, 0.4) is 0 Å².